The summed E-state index contributed by atoms with van der Waals surface area (Å²) in [4.78, 5) is 29.7. The summed E-state index contributed by atoms with van der Waals surface area (Å²) in [6.45, 7) is 8.04. The van der Waals surface area contributed by atoms with Crippen LogP contribution in [0.2, 0.25) is 0 Å². The fourth-order valence-corrected chi connectivity index (χ4v) is 3.65. The van der Waals surface area contributed by atoms with Crippen molar-refractivity contribution >= 4 is 23.5 Å². The molecule has 1 amide bonds. The molecule has 2 saturated heterocycles. The second-order valence-corrected chi connectivity index (χ2v) is 7.37. The SMILES string of the molecule is CC(=O)N1CCC(c2cc(Nc3cc(C)ccn3)nc(N3CCOCC3)n2)C1. The Labute approximate surface area is 164 Å². The molecule has 4 rings (SSSR count). The van der Waals surface area contributed by atoms with Gasteiger partial charge in [-0.05, 0) is 31.0 Å². The summed E-state index contributed by atoms with van der Waals surface area (Å²) in [5.74, 6) is 2.53. The van der Waals surface area contributed by atoms with Gasteiger partial charge in [-0.25, -0.2) is 9.97 Å². The van der Waals surface area contributed by atoms with E-state index < -0.39 is 0 Å². The molecule has 148 valence electrons. The van der Waals surface area contributed by atoms with E-state index >= 15 is 0 Å². The number of nitrogens with one attached hydrogen (secondary N) is 1. The Morgan fingerprint density at radius 3 is 2.71 bits per heavy atom. The molecule has 2 aromatic rings. The molecule has 0 spiro atoms. The molecule has 2 aliphatic rings. The van der Waals surface area contributed by atoms with Crippen molar-refractivity contribution in [3.8, 4) is 0 Å². The molecular formula is C20H26N6O2. The first-order chi connectivity index (χ1) is 13.6. The summed E-state index contributed by atoms with van der Waals surface area (Å²) >= 11 is 0. The molecule has 4 heterocycles. The third-order valence-corrected chi connectivity index (χ3v) is 5.25. The number of rotatable bonds is 4. The fraction of sp³-hybridized carbons (Fsp3) is 0.500. The second kappa shape index (κ2) is 8.10. The van der Waals surface area contributed by atoms with Gasteiger partial charge < -0.3 is 19.9 Å². The zero-order valence-electron chi connectivity index (χ0n) is 16.4. The maximum Gasteiger partial charge on any atom is 0.227 e. The predicted octanol–water partition coefficient (Wildman–Crippen LogP) is 2.10. The number of morpholine rings is 1. The molecule has 8 heteroatoms. The number of aromatic nitrogens is 3. The molecule has 0 aromatic carbocycles. The highest BCUT2D eigenvalue weighted by molar-refractivity contribution is 5.73. The van der Waals surface area contributed by atoms with Crippen molar-refractivity contribution in [2.24, 2.45) is 0 Å². The number of anilines is 3. The van der Waals surface area contributed by atoms with Crippen LogP contribution in [0.3, 0.4) is 0 Å². The van der Waals surface area contributed by atoms with Crippen LogP contribution < -0.4 is 10.2 Å². The minimum Gasteiger partial charge on any atom is -0.378 e. The molecule has 8 nitrogen and oxygen atoms in total. The highest BCUT2D eigenvalue weighted by atomic mass is 16.5. The molecule has 0 radical (unpaired) electrons. The van der Waals surface area contributed by atoms with E-state index in [1.54, 1.807) is 13.1 Å². The Morgan fingerprint density at radius 2 is 2.00 bits per heavy atom. The van der Waals surface area contributed by atoms with Crippen LogP contribution >= 0.6 is 0 Å². The summed E-state index contributed by atoms with van der Waals surface area (Å²) in [6.07, 6.45) is 2.70. The molecule has 1 atom stereocenters. The fourth-order valence-electron chi connectivity index (χ4n) is 3.65. The predicted molar refractivity (Wildman–Crippen MR) is 107 cm³/mol. The molecule has 0 bridgehead atoms. The lowest BCUT2D eigenvalue weighted by Gasteiger charge is -2.28. The minimum absolute atomic E-state index is 0.118. The number of hydrogen-bond donors (Lipinski definition) is 1. The van der Waals surface area contributed by atoms with Crippen LogP contribution in [0, 0.1) is 6.92 Å². The van der Waals surface area contributed by atoms with Crippen LogP contribution in [0.5, 0.6) is 0 Å². The zero-order chi connectivity index (χ0) is 19.5. The van der Waals surface area contributed by atoms with E-state index in [-0.39, 0.29) is 11.8 Å². The minimum atomic E-state index is 0.118. The average Bonchev–Trinajstić information content (AvgIpc) is 3.19. The van der Waals surface area contributed by atoms with Gasteiger partial charge in [0.25, 0.3) is 0 Å². The standard InChI is InChI=1S/C20H26N6O2/c1-14-3-5-21-18(11-14)23-19-12-17(16-4-6-26(13-16)15(2)27)22-20(24-19)25-7-9-28-10-8-25/h3,5,11-12,16H,4,6-10,13H2,1-2H3,(H,21,22,23,24). The first kappa shape index (κ1) is 18.6. The summed E-state index contributed by atoms with van der Waals surface area (Å²) < 4.78 is 5.46. The van der Waals surface area contributed by atoms with E-state index in [2.05, 4.69) is 15.2 Å². The van der Waals surface area contributed by atoms with Crippen molar-refractivity contribution in [2.75, 3.05) is 49.6 Å². The Morgan fingerprint density at radius 1 is 1.18 bits per heavy atom. The van der Waals surface area contributed by atoms with Crippen molar-refractivity contribution in [1.29, 1.82) is 0 Å². The van der Waals surface area contributed by atoms with Gasteiger partial charge in [0.05, 0.1) is 18.9 Å². The van der Waals surface area contributed by atoms with Gasteiger partial charge in [0, 0.05) is 51.3 Å². The van der Waals surface area contributed by atoms with Crippen LogP contribution in [0.15, 0.2) is 24.4 Å². The monoisotopic (exact) mass is 382 g/mol. The van der Waals surface area contributed by atoms with Crippen molar-refractivity contribution in [1.82, 2.24) is 19.9 Å². The lowest BCUT2D eigenvalue weighted by molar-refractivity contribution is -0.127. The third-order valence-electron chi connectivity index (χ3n) is 5.25. The normalized spacial score (nSPS) is 19.7. The van der Waals surface area contributed by atoms with E-state index in [1.165, 1.54) is 0 Å². The van der Waals surface area contributed by atoms with Crippen LogP contribution in [0.25, 0.3) is 0 Å². The number of ether oxygens (including phenoxy) is 1. The highest BCUT2D eigenvalue weighted by Gasteiger charge is 2.28. The zero-order valence-corrected chi connectivity index (χ0v) is 16.4. The number of pyridine rings is 1. The van der Waals surface area contributed by atoms with Crippen LogP contribution in [-0.2, 0) is 9.53 Å². The van der Waals surface area contributed by atoms with Gasteiger partial charge in [-0.2, -0.15) is 4.98 Å². The number of aryl methyl sites for hydroxylation is 1. The number of carbonyl (C=O) groups excluding carboxylic acids is 1. The number of amides is 1. The molecule has 1 N–H and O–H groups in total. The van der Waals surface area contributed by atoms with Gasteiger partial charge in [0.2, 0.25) is 11.9 Å². The molecule has 2 aliphatic heterocycles. The van der Waals surface area contributed by atoms with Crippen molar-refractivity contribution in [2.45, 2.75) is 26.2 Å². The Kier molecular flexibility index (Phi) is 5.38. The Bertz CT molecular complexity index is 852. The molecule has 0 saturated carbocycles. The van der Waals surface area contributed by atoms with Crippen LogP contribution in [0.4, 0.5) is 17.6 Å². The third kappa shape index (κ3) is 4.22. The van der Waals surface area contributed by atoms with E-state index in [0.717, 1.165) is 48.9 Å². The molecule has 1 unspecified atom stereocenters. The molecule has 2 fully saturated rings. The van der Waals surface area contributed by atoms with E-state index in [9.17, 15) is 4.79 Å². The van der Waals surface area contributed by atoms with Crippen LogP contribution in [0.1, 0.15) is 30.5 Å². The van der Waals surface area contributed by atoms with Crippen molar-refractivity contribution < 1.29 is 9.53 Å². The highest BCUT2D eigenvalue weighted by Crippen LogP contribution is 2.29. The summed E-state index contributed by atoms with van der Waals surface area (Å²) in [5.41, 5.74) is 2.10. The summed E-state index contributed by atoms with van der Waals surface area (Å²) in [5, 5.41) is 3.32. The number of likely N-dealkylation sites (tertiary alicyclic amines) is 1. The maximum atomic E-state index is 11.7. The Balaban J connectivity index is 1.63. The molecular weight excluding hydrogens is 356 g/mol. The lowest BCUT2D eigenvalue weighted by Crippen LogP contribution is -2.37. The van der Waals surface area contributed by atoms with E-state index in [0.29, 0.717) is 25.7 Å². The molecule has 2 aromatic heterocycles. The van der Waals surface area contributed by atoms with E-state index in [1.807, 2.05) is 30.0 Å². The lowest BCUT2D eigenvalue weighted by atomic mass is 10.0. The van der Waals surface area contributed by atoms with E-state index in [4.69, 9.17) is 14.7 Å². The number of carbonyl (C=O) groups is 1. The Hall–Kier alpha value is -2.74. The van der Waals surface area contributed by atoms with Gasteiger partial charge in [0.15, 0.2) is 0 Å². The summed E-state index contributed by atoms with van der Waals surface area (Å²) in [6, 6.07) is 5.94. The second-order valence-electron chi connectivity index (χ2n) is 7.37. The van der Waals surface area contributed by atoms with Crippen molar-refractivity contribution in [3.63, 3.8) is 0 Å². The smallest absolute Gasteiger partial charge is 0.227 e. The van der Waals surface area contributed by atoms with Gasteiger partial charge >= 0.3 is 0 Å². The number of nitrogens with zero attached hydrogens (tertiary/aromatic N) is 5. The van der Waals surface area contributed by atoms with Crippen molar-refractivity contribution in [3.05, 3.63) is 35.7 Å². The largest absolute Gasteiger partial charge is 0.378 e. The van der Waals surface area contributed by atoms with Gasteiger partial charge in [-0.15, -0.1) is 0 Å². The first-order valence-corrected chi connectivity index (χ1v) is 9.75. The quantitative estimate of drug-likeness (QED) is 0.867. The van der Waals surface area contributed by atoms with Gasteiger partial charge in [-0.3, -0.25) is 4.79 Å². The first-order valence-electron chi connectivity index (χ1n) is 9.75. The van der Waals surface area contributed by atoms with Gasteiger partial charge in [0.1, 0.15) is 11.6 Å². The van der Waals surface area contributed by atoms with Crippen LogP contribution in [-0.4, -0.2) is 65.2 Å². The molecule has 0 aliphatic carbocycles. The van der Waals surface area contributed by atoms with Gasteiger partial charge in [-0.1, -0.05) is 0 Å². The number of hydrogen-bond acceptors (Lipinski definition) is 7. The molecule has 28 heavy (non-hydrogen) atoms. The summed E-state index contributed by atoms with van der Waals surface area (Å²) in [7, 11) is 0. The maximum absolute atomic E-state index is 11.7. The average molecular weight is 382 g/mol. The topological polar surface area (TPSA) is 83.5 Å².